The van der Waals surface area contributed by atoms with Gasteiger partial charge in [-0.25, -0.2) is 4.39 Å². The van der Waals surface area contributed by atoms with Crippen LogP contribution in [0.2, 0.25) is 0 Å². The SMILES string of the molecule is Fc1[c]cnc[c]1. The Morgan fingerprint density at radius 3 is 2.29 bits per heavy atom. The van der Waals surface area contributed by atoms with Crippen LogP contribution in [-0.2, 0) is 0 Å². The number of hydrogen-bond acceptors (Lipinski definition) is 1. The second-order valence-corrected chi connectivity index (χ2v) is 1.01. The van der Waals surface area contributed by atoms with Gasteiger partial charge in [0.2, 0.25) is 0 Å². The highest BCUT2D eigenvalue weighted by molar-refractivity contribution is 4.88. The van der Waals surface area contributed by atoms with Gasteiger partial charge in [-0.2, -0.15) is 0 Å². The van der Waals surface area contributed by atoms with Crippen molar-refractivity contribution >= 4 is 0 Å². The molecule has 2 heteroatoms. The summed E-state index contributed by atoms with van der Waals surface area (Å²) in [5, 5.41) is 0. The number of hydrogen-bond donors (Lipinski definition) is 0. The van der Waals surface area contributed by atoms with Crippen LogP contribution >= 0.6 is 0 Å². The molecule has 0 aromatic carbocycles. The fourth-order valence-electron chi connectivity index (χ4n) is 0.267. The van der Waals surface area contributed by atoms with Crippen molar-refractivity contribution in [1.29, 1.82) is 0 Å². The van der Waals surface area contributed by atoms with E-state index in [9.17, 15) is 4.39 Å². The topological polar surface area (TPSA) is 12.9 Å². The highest BCUT2D eigenvalue weighted by Gasteiger charge is 1.80. The molecular weight excluding hydrogens is 93.1 g/mol. The van der Waals surface area contributed by atoms with Gasteiger partial charge < -0.3 is 0 Å². The molecule has 0 aliphatic carbocycles. The first-order valence-corrected chi connectivity index (χ1v) is 1.78. The third-order valence-corrected chi connectivity index (χ3v) is 0.532. The van der Waals surface area contributed by atoms with Gasteiger partial charge in [0.05, 0.1) is 0 Å². The van der Waals surface area contributed by atoms with Crippen molar-refractivity contribution in [1.82, 2.24) is 4.98 Å². The monoisotopic (exact) mass is 95.0 g/mol. The normalized spacial score (nSPS) is 8.71. The second kappa shape index (κ2) is 1.69. The molecular formula is C5H2FN. The zero-order valence-electron chi connectivity index (χ0n) is 3.48. The Balaban J connectivity index is 3.02. The van der Waals surface area contributed by atoms with Crippen molar-refractivity contribution in [3.05, 3.63) is 30.3 Å². The summed E-state index contributed by atoms with van der Waals surface area (Å²) in [6.07, 6.45) is 2.51. The van der Waals surface area contributed by atoms with E-state index in [0.29, 0.717) is 0 Å². The summed E-state index contributed by atoms with van der Waals surface area (Å²) < 4.78 is 11.8. The van der Waals surface area contributed by atoms with Gasteiger partial charge in [-0.15, -0.1) is 0 Å². The summed E-state index contributed by atoms with van der Waals surface area (Å²) in [4.78, 5) is 3.49. The standard InChI is InChI=1S/C5H2FN/c6-5-1-3-7-4-2-5/h3-4H. The van der Waals surface area contributed by atoms with Crippen molar-refractivity contribution in [2.75, 3.05) is 0 Å². The lowest BCUT2D eigenvalue weighted by Gasteiger charge is -1.76. The average Bonchev–Trinajstić information content (AvgIpc) is 1.69. The van der Waals surface area contributed by atoms with E-state index in [1.807, 2.05) is 0 Å². The first-order valence-electron chi connectivity index (χ1n) is 1.78. The van der Waals surface area contributed by atoms with Crippen molar-refractivity contribution < 1.29 is 4.39 Å². The number of pyridine rings is 1. The van der Waals surface area contributed by atoms with Crippen LogP contribution in [0.1, 0.15) is 0 Å². The highest BCUT2D eigenvalue weighted by atomic mass is 19.1. The number of halogens is 1. The minimum absolute atomic E-state index is 0.491. The molecule has 0 amide bonds. The molecule has 0 spiro atoms. The quantitative estimate of drug-likeness (QED) is 0.465. The second-order valence-electron chi connectivity index (χ2n) is 1.01. The zero-order chi connectivity index (χ0) is 5.11. The number of rotatable bonds is 0. The van der Waals surface area contributed by atoms with E-state index < -0.39 is 5.82 Å². The van der Waals surface area contributed by atoms with E-state index in [0.717, 1.165) is 0 Å². The third-order valence-electron chi connectivity index (χ3n) is 0.532. The van der Waals surface area contributed by atoms with Crippen LogP contribution in [0.15, 0.2) is 12.4 Å². The first-order chi connectivity index (χ1) is 3.39. The number of nitrogens with zero attached hydrogens (tertiary/aromatic N) is 1. The molecule has 0 N–H and O–H groups in total. The Kier molecular flexibility index (Phi) is 1.02. The lowest BCUT2D eigenvalue weighted by Crippen LogP contribution is -1.71. The average molecular weight is 95.1 g/mol. The molecule has 0 bridgehead atoms. The van der Waals surface area contributed by atoms with Gasteiger partial charge >= 0.3 is 0 Å². The molecule has 1 heterocycles. The summed E-state index contributed by atoms with van der Waals surface area (Å²) >= 11 is 0. The Morgan fingerprint density at radius 2 is 2.00 bits per heavy atom. The molecule has 0 saturated heterocycles. The maximum atomic E-state index is 11.8. The minimum atomic E-state index is -0.491. The fourth-order valence-corrected chi connectivity index (χ4v) is 0.267. The van der Waals surface area contributed by atoms with Crippen LogP contribution in [0.4, 0.5) is 4.39 Å². The van der Waals surface area contributed by atoms with Gasteiger partial charge in [0, 0.05) is 24.5 Å². The van der Waals surface area contributed by atoms with Gasteiger partial charge in [0.1, 0.15) is 5.82 Å². The van der Waals surface area contributed by atoms with Crippen LogP contribution < -0.4 is 0 Å². The van der Waals surface area contributed by atoms with Gasteiger partial charge in [-0.1, -0.05) is 0 Å². The van der Waals surface area contributed by atoms with Crippen LogP contribution in [0.5, 0.6) is 0 Å². The van der Waals surface area contributed by atoms with E-state index in [2.05, 4.69) is 17.1 Å². The summed E-state index contributed by atoms with van der Waals surface area (Å²) in [5.41, 5.74) is 0. The summed E-state index contributed by atoms with van der Waals surface area (Å²) in [5.74, 6) is -0.491. The molecule has 0 atom stereocenters. The van der Waals surface area contributed by atoms with Crippen molar-refractivity contribution in [3.63, 3.8) is 0 Å². The van der Waals surface area contributed by atoms with Crippen LogP contribution in [0, 0.1) is 17.9 Å². The van der Waals surface area contributed by atoms with Gasteiger partial charge in [0.25, 0.3) is 0 Å². The maximum Gasteiger partial charge on any atom is 0.142 e. The van der Waals surface area contributed by atoms with E-state index >= 15 is 0 Å². The molecule has 1 aromatic rings. The molecule has 1 nitrogen and oxygen atoms in total. The Labute approximate surface area is 40.8 Å². The Morgan fingerprint density at radius 1 is 1.43 bits per heavy atom. The lowest BCUT2D eigenvalue weighted by atomic mass is 10.5. The molecule has 7 heavy (non-hydrogen) atoms. The predicted molar refractivity (Wildman–Crippen MR) is 21.9 cm³/mol. The van der Waals surface area contributed by atoms with Gasteiger partial charge in [0.15, 0.2) is 0 Å². The van der Waals surface area contributed by atoms with Crippen molar-refractivity contribution in [3.8, 4) is 0 Å². The minimum Gasteiger partial charge on any atom is -0.263 e. The molecule has 0 unspecified atom stereocenters. The first kappa shape index (κ1) is 4.24. The van der Waals surface area contributed by atoms with E-state index in [1.165, 1.54) is 12.4 Å². The predicted octanol–water partition coefficient (Wildman–Crippen LogP) is 0.821. The lowest BCUT2D eigenvalue weighted by molar-refractivity contribution is 0.621. The Hall–Kier alpha value is -0.920. The molecule has 0 fully saturated rings. The molecule has 0 aliphatic rings. The fraction of sp³-hybridized carbons (Fsp3) is 0. The largest absolute Gasteiger partial charge is 0.263 e. The van der Waals surface area contributed by atoms with Crippen LogP contribution in [0.25, 0.3) is 0 Å². The smallest absolute Gasteiger partial charge is 0.142 e. The molecule has 1 aromatic heterocycles. The molecule has 0 saturated carbocycles. The molecule has 34 valence electrons. The summed E-state index contributed by atoms with van der Waals surface area (Å²) in [7, 11) is 0. The molecule has 0 aliphatic heterocycles. The molecule has 1 rings (SSSR count). The zero-order valence-corrected chi connectivity index (χ0v) is 3.48. The van der Waals surface area contributed by atoms with Crippen molar-refractivity contribution in [2.45, 2.75) is 0 Å². The molecule has 2 radical (unpaired) electrons. The van der Waals surface area contributed by atoms with Gasteiger partial charge in [-0.05, 0) is 0 Å². The maximum absolute atomic E-state index is 11.8. The van der Waals surface area contributed by atoms with Crippen LogP contribution in [0.3, 0.4) is 0 Å². The third kappa shape index (κ3) is 0.961. The summed E-state index contributed by atoms with van der Waals surface area (Å²) in [6, 6.07) is 4.40. The summed E-state index contributed by atoms with van der Waals surface area (Å²) in [6.45, 7) is 0. The Bertz CT molecular complexity index is 138. The highest BCUT2D eigenvalue weighted by Crippen LogP contribution is 1.86. The van der Waals surface area contributed by atoms with E-state index in [1.54, 1.807) is 0 Å². The van der Waals surface area contributed by atoms with E-state index in [-0.39, 0.29) is 0 Å². The van der Waals surface area contributed by atoms with Crippen LogP contribution in [-0.4, -0.2) is 4.98 Å². The number of aromatic nitrogens is 1. The van der Waals surface area contributed by atoms with Crippen molar-refractivity contribution in [2.24, 2.45) is 0 Å². The van der Waals surface area contributed by atoms with Gasteiger partial charge in [-0.3, -0.25) is 4.98 Å². The van der Waals surface area contributed by atoms with E-state index in [4.69, 9.17) is 0 Å².